The van der Waals surface area contributed by atoms with Crippen LogP contribution in [0.15, 0.2) is 27.2 Å². The number of hydrogen-bond donors (Lipinski definition) is 1. The van der Waals surface area contributed by atoms with Crippen LogP contribution in [0.3, 0.4) is 0 Å². The minimum atomic E-state index is -0.582. The fraction of sp³-hybridized carbons (Fsp3) is 0.333. The first-order valence-corrected chi connectivity index (χ1v) is 6.69. The van der Waals surface area contributed by atoms with Gasteiger partial charge in [0.15, 0.2) is 5.82 Å². The van der Waals surface area contributed by atoms with E-state index in [2.05, 4.69) is 26.1 Å². The van der Waals surface area contributed by atoms with Crippen molar-refractivity contribution >= 4 is 27.5 Å². The molecule has 4 nitrogen and oxygen atoms in total. The van der Waals surface area contributed by atoms with Gasteiger partial charge < -0.3 is 10.3 Å². The maximum absolute atomic E-state index is 6.06. The van der Waals surface area contributed by atoms with E-state index in [0.29, 0.717) is 16.7 Å². The topological polar surface area (TPSA) is 64.9 Å². The van der Waals surface area contributed by atoms with Crippen molar-refractivity contribution < 1.29 is 4.52 Å². The molecule has 18 heavy (non-hydrogen) atoms. The lowest BCUT2D eigenvalue weighted by molar-refractivity contribution is 0.379. The second-order valence-electron chi connectivity index (χ2n) is 4.32. The van der Waals surface area contributed by atoms with Crippen LogP contribution in [-0.4, -0.2) is 10.1 Å². The van der Waals surface area contributed by atoms with Gasteiger partial charge in [-0.15, -0.1) is 0 Å². The molecule has 1 atom stereocenters. The lowest BCUT2D eigenvalue weighted by Gasteiger charge is -2.16. The van der Waals surface area contributed by atoms with Gasteiger partial charge in [-0.3, -0.25) is 0 Å². The molecule has 0 aliphatic heterocycles. The molecule has 96 valence electrons. The summed E-state index contributed by atoms with van der Waals surface area (Å²) in [4.78, 5) is 4.32. The summed E-state index contributed by atoms with van der Waals surface area (Å²) in [6, 6.07) is 5.46. The second-order valence-corrected chi connectivity index (χ2v) is 5.58. The van der Waals surface area contributed by atoms with Crippen molar-refractivity contribution in [3.8, 4) is 11.5 Å². The Balaban J connectivity index is 2.38. The Morgan fingerprint density at radius 3 is 2.83 bits per heavy atom. The van der Waals surface area contributed by atoms with Crippen LogP contribution in [0.1, 0.15) is 26.1 Å². The van der Waals surface area contributed by atoms with Crippen molar-refractivity contribution in [1.82, 2.24) is 10.1 Å². The van der Waals surface area contributed by atoms with Gasteiger partial charge in [0, 0.05) is 10.0 Å². The zero-order valence-electron chi connectivity index (χ0n) is 10.1. The van der Waals surface area contributed by atoms with E-state index in [1.165, 1.54) is 0 Å². The smallest absolute Gasteiger partial charge is 0.258 e. The van der Waals surface area contributed by atoms with Crippen LogP contribution in [0.5, 0.6) is 0 Å². The van der Waals surface area contributed by atoms with Gasteiger partial charge in [0.25, 0.3) is 5.89 Å². The molecule has 2 aromatic rings. The summed E-state index contributed by atoms with van der Waals surface area (Å²) in [5.74, 6) is 0.920. The fourth-order valence-electron chi connectivity index (χ4n) is 1.36. The quantitative estimate of drug-likeness (QED) is 0.931. The zero-order chi connectivity index (χ0) is 13.3. The third-order valence-electron chi connectivity index (χ3n) is 2.84. The molecule has 1 aromatic heterocycles. The Morgan fingerprint density at radius 2 is 2.22 bits per heavy atom. The van der Waals surface area contributed by atoms with Crippen LogP contribution in [0.2, 0.25) is 5.02 Å². The lowest BCUT2D eigenvalue weighted by atomic mass is 10.0. The summed E-state index contributed by atoms with van der Waals surface area (Å²) in [5, 5.41) is 4.52. The highest BCUT2D eigenvalue weighted by molar-refractivity contribution is 9.10. The van der Waals surface area contributed by atoms with Crippen molar-refractivity contribution in [3.63, 3.8) is 0 Å². The van der Waals surface area contributed by atoms with Crippen LogP contribution in [0.4, 0.5) is 0 Å². The summed E-state index contributed by atoms with van der Waals surface area (Å²) in [7, 11) is 0. The molecule has 0 bridgehead atoms. The third kappa shape index (κ3) is 2.58. The summed E-state index contributed by atoms with van der Waals surface area (Å²) >= 11 is 9.36. The molecule has 0 fully saturated rings. The first kappa shape index (κ1) is 13.5. The van der Waals surface area contributed by atoms with Crippen LogP contribution >= 0.6 is 27.5 Å². The first-order chi connectivity index (χ1) is 8.44. The summed E-state index contributed by atoms with van der Waals surface area (Å²) in [6.07, 6.45) is 0.729. The molecule has 0 radical (unpaired) electrons. The number of benzene rings is 1. The number of rotatable bonds is 3. The molecule has 0 aliphatic carbocycles. The van der Waals surface area contributed by atoms with E-state index in [4.69, 9.17) is 21.9 Å². The SMILES string of the molecule is CCC(C)(N)c1noc(-c2ccc(Br)c(Cl)c2)n1. The van der Waals surface area contributed by atoms with Crippen molar-refractivity contribution in [2.75, 3.05) is 0 Å². The van der Waals surface area contributed by atoms with E-state index in [1.54, 1.807) is 6.07 Å². The minimum absolute atomic E-state index is 0.421. The third-order valence-corrected chi connectivity index (χ3v) is 4.07. The Hall–Kier alpha value is -0.910. The summed E-state index contributed by atoms with van der Waals surface area (Å²) < 4.78 is 6.04. The predicted octanol–water partition coefficient (Wildman–Crippen LogP) is 3.74. The maximum Gasteiger partial charge on any atom is 0.258 e. The fourth-order valence-corrected chi connectivity index (χ4v) is 1.79. The van der Waals surface area contributed by atoms with Crippen LogP contribution in [0, 0.1) is 0 Å². The van der Waals surface area contributed by atoms with Gasteiger partial charge >= 0.3 is 0 Å². The Kier molecular flexibility index (Phi) is 3.75. The standard InChI is InChI=1S/C12H13BrClN3O/c1-3-12(2,15)11-16-10(18-17-11)7-4-5-8(13)9(14)6-7/h4-6H,3,15H2,1-2H3. The van der Waals surface area contributed by atoms with Crippen molar-refractivity contribution in [2.24, 2.45) is 5.73 Å². The van der Waals surface area contributed by atoms with E-state index in [0.717, 1.165) is 16.5 Å². The molecule has 0 spiro atoms. The highest BCUT2D eigenvalue weighted by atomic mass is 79.9. The zero-order valence-corrected chi connectivity index (χ0v) is 12.4. The Labute approximate surface area is 119 Å². The normalized spacial score (nSPS) is 14.5. The molecule has 0 saturated carbocycles. The van der Waals surface area contributed by atoms with E-state index in [-0.39, 0.29) is 0 Å². The van der Waals surface area contributed by atoms with Gasteiger partial charge in [0.2, 0.25) is 0 Å². The van der Waals surface area contributed by atoms with Crippen molar-refractivity contribution in [3.05, 3.63) is 33.5 Å². The molecular formula is C12H13BrClN3O. The summed E-state index contributed by atoms with van der Waals surface area (Å²) in [5.41, 5.74) is 6.25. The molecule has 0 saturated heterocycles. The van der Waals surface area contributed by atoms with Gasteiger partial charge in [0.05, 0.1) is 10.6 Å². The number of nitrogens with zero attached hydrogens (tertiary/aromatic N) is 2. The van der Waals surface area contributed by atoms with Gasteiger partial charge in [-0.2, -0.15) is 4.98 Å². The molecule has 6 heteroatoms. The maximum atomic E-state index is 6.06. The van der Waals surface area contributed by atoms with Gasteiger partial charge in [-0.05, 0) is 47.5 Å². The van der Waals surface area contributed by atoms with Crippen molar-refractivity contribution in [1.29, 1.82) is 0 Å². The van der Waals surface area contributed by atoms with Gasteiger partial charge in [-0.1, -0.05) is 23.7 Å². The lowest BCUT2D eigenvalue weighted by Crippen LogP contribution is -2.33. The molecule has 2 rings (SSSR count). The van der Waals surface area contributed by atoms with Gasteiger partial charge in [-0.25, -0.2) is 0 Å². The average molecular weight is 331 g/mol. The van der Waals surface area contributed by atoms with Crippen LogP contribution in [-0.2, 0) is 5.54 Å². The number of hydrogen-bond acceptors (Lipinski definition) is 4. The first-order valence-electron chi connectivity index (χ1n) is 5.52. The average Bonchev–Trinajstić information content (AvgIpc) is 2.83. The monoisotopic (exact) mass is 329 g/mol. The number of aromatic nitrogens is 2. The van der Waals surface area contributed by atoms with Crippen molar-refractivity contribution in [2.45, 2.75) is 25.8 Å². The van der Waals surface area contributed by atoms with E-state index >= 15 is 0 Å². The molecule has 1 unspecified atom stereocenters. The molecule has 1 heterocycles. The number of halogens is 2. The highest BCUT2D eigenvalue weighted by Crippen LogP contribution is 2.29. The second kappa shape index (κ2) is 4.99. The molecule has 1 aromatic carbocycles. The van der Waals surface area contributed by atoms with Crippen LogP contribution < -0.4 is 5.73 Å². The van der Waals surface area contributed by atoms with Crippen LogP contribution in [0.25, 0.3) is 11.5 Å². The Morgan fingerprint density at radius 1 is 1.50 bits per heavy atom. The molecule has 2 N–H and O–H groups in total. The van der Waals surface area contributed by atoms with Gasteiger partial charge in [0.1, 0.15) is 0 Å². The highest BCUT2D eigenvalue weighted by Gasteiger charge is 2.25. The molecule has 0 amide bonds. The van der Waals surface area contributed by atoms with E-state index in [1.807, 2.05) is 26.0 Å². The largest absolute Gasteiger partial charge is 0.334 e. The van der Waals surface area contributed by atoms with E-state index < -0.39 is 5.54 Å². The Bertz CT molecular complexity index is 568. The van der Waals surface area contributed by atoms with E-state index in [9.17, 15) is 0 Å². The predicted molar refractivity (Wildman–Crippen MR) is 74.3 cm³/mol. The minimum Gasteiger partial charge on any atom is -0.334 e. The summed E-state index contributed by atoms with van der Waals surface area (Å²) in [6.45, 7) is 3.85. The number of nitrogens with two attached hydrogens (primary N) is 1. The molecular weight excluding hydrogens is 318 g/mol. The molecule has 0 aliphatic rings.